The topological polar surface area (TPSA) is 46.3 Å². The van der Waals surface area contributed by atoms with Crippen molar-refractivity contribution in [1.82, 2.24) is 4.90 Å². The number of likely N-dealkylation sites (tertiary alicyclic amines) is 1. The smallest absolute Gasteiger partial charge is 0.254 e. The number of benzene rings is 1. The Morgan fingerprint density at radius 3 is 2.83 bits per heavy atom. The summed E-state index contributed by atoms with van der Waals surface area (Å²) in [5.41, 5.74) is 8.79. The molecule has 0 radical (unpaired) electrons. The van der Waals surface area contributed by atoms with Crippen molar-refractivity contribution in [3.05, 3.63) is 34.9 Å². The Labute approximate surface area is 109 Å². The minimum atomic E-state index is 0.135. The van der Waals surface area contributed by atoms with E-state index in [2.05, 4.69) is 6.92 Å². The maximum atomic E-state index is 12.6. The van der Waals surface area contributed by atoms with E-state index in [0.29, 0.717) is 12.5 Å². The largest absolute Gasteiger partial charge is 0.334 e. The van der Waals surface area contributed by atoms with Crippen molar-refractivity contribution in [2.24, 2.45) is 11.7 Å². The molecule has 0 saturated carbocycles. The second-order valence-corrected chi connectivity index (χ2v) is 5.39. The number of rotatable bonds is 2. The summed E-state index contributed by atoms with van der Waals surface area (Å²) in [6, 6.07) is 6.23. The van der Waals surface area contributed by atoms with E-state index in [9.17, 15) is 4.79 Å². The SMILES string of the molecule is Cc1ccc(C)c(C(=O)N2CCC(C)C2CN)c1. The van der Waals surface area contributed by atoms with Crippen LogP contribution in [0.25, 0.3) is 0 Å². The van der Waals surface area contributed by atoms with Crippen molar-refractivity contribution >= 4 is 5.91 Å². The molecule has 0 aromatic heterocycles. The molecule has 2 atom stereocenters. The molecule has 18 heavy (non-hydrogen) atoms. The zero-order valence-corrected chi connectivity index (χ0v) is 11.4. The highest BCUT2D eigenvalue weighted by Gasteiger charge is 2.34. The van der Waals surface area contributed by atoms with Gasteiger partial charge in [-0.2, -0.15) is 0 Å². The van der Waals surface area contributed by atoms with Crippen LogP contribution in [0.5, 0.6) is 0 Å². The maximum Gasteiger partial charge on any atom is 0.254 e. The molecule has 0 bridgehead atoms. The Kier molecular flexibility index (Phi) is 3.71. The lowest BCUT2D eigenvalue weighted by Crippen LogP contribution is -2.42. The predicted molar refractivity (Wildman–Crippen MR) is 73.6 cm³/mol. The number of carbonyl (C=O) groups is 1. The lowest BCUT2D eigenvalue weighted by molar-refractivity contribution is 0.0726. The van der Waals surface area contributed by atoms with Crippen LogP contribution < -0.4 is 5.73 Å². The fourth-order valence-corrected chi connectivity index (χ4v) is 2.74. The molecule has 1 aliphatic heterocycles. The molecule has 0 spiro atoms. The summed E-state index contributed by atoms with van der Waals surface area (Å²) < 4.78 is 0. The van der Waals surface area contributed by atoms with Crippen LogP contribution in [0.3, 0.4) is 0 Å². The summed E-state index contributed by atoms with van der Waals surface area (Å²) >= 11 is 0. The van der Waals surface area contributed by atoms with Crippen LogP contribution in [-0.4, -0.2) is 29.9 Å². The minimum absolute atomic E-state index is 0.135. The molecular weight excluding hydrogens is 224 g/mol. The van der Waals surface area contributed by atoms with Gasteiger partial charge < -0.3 is 10.6 Å². The molecule has 1 saturated heterocycles. The first-order chi connectivity index (χ1) is 8.54. The summed E-state index contributed by atoms with van der Waals surface area (Å²) in [4.78, 5) is 14.6. The second kappa shape index (κ2) is 5.11. The van der Waals surface area contributed by atoms with E-state index in [1.54, 1.807) is 0 Å². The van der Waals surface area contributed by atoms with Gasteiger partial charge in [0.25, 0.3) is 5.91 Å². The zero-order chi connectivity index (χ0) is 13.3. The van der Waals surface area contributed by atoms with Gasteiger partial charge in [0.2, 0.25) is 0 Å². The lowest BCUT2D eigenvalue weighted by atomic mass is 10.0. The molecule has 1 aliphatic rings. The standard InChI is InChI=1S/C15H22N2O/c1-10-4-5-11(2)13(8-10)15(18)17-7-6-12(3)14(17)9-16/h4-5,8,12,14H,6-7,9,16H2,1-3H3. The van der Waals surface area contributed by atoms with E-state index in [-0.39, 0.29) is 11.9 Å². The predicted octanol–water partition coefficient (Wildman–Crippen LogP) is 2.11. The number of nitrogens with zero attached hydrogens (tertiary/aromatic N) is 1. The van der Waals surface area contributed by atoms with E-state index in [4.69, 9.17) is 5.73 Å². The molecule has 2 rings (SSSR count). The van der Waals surface area contributed by atoms with Crippen LogP contribution in [0.2, 0.25) is 0 Å². The van der Waals surface area contributed by atoms with Crippen molar-refractivity contribution in [3.8, 4) is 0 Å². The average molecular weight is 246 g/mol. The molecule has 2 unspecified atom stereocenters. The third-order valence-electron chi connectivity index (χ3n) is 4.01. The van der Waals surface area contributed by atoms with Crippen molar-refractivity contribution in [3.63, 3.8) is 0 Å². The van der Waals surface area contributed by atoms with Crippen molar-refractivity contribution in [1.29, 1.82) is 0 Å². The Morgan fingerprint density at radius 2 is 2.17 bits per heavy atom. The van der Waals surface area contributed by atoms with Crippen LogP contribution in [0.15, 0.2) is 18.2 Å². The van der Waals surface area contributed by atoms with E-state index < -0.39 is 0 Å². The summed E-state index contributed by atoms with van der Waals surface area (Å²) in [5, 5.41) is 0. The van der Waals surface area contributed by atoms with Gasteiger partial charge >= 0.3 is 0 Å². The maximum absolute atomic E-state index is 12.6. The Hall–Kier alpha value is -1.35. The molecule has 3 nitrogen and oxygen atoms in total. The zero-order valence-electron chi connectivity index (χ0n) is 11.4. The van der Waals surface area contributed by atoms with E-state index in [0.717, 1.165) is 29.7 Å². The number of hydrogen-bond acceptors (Lipinski definition) is 2. The molecular formula is C15H22N2O. The Balaban J connectivity index is 2.28. The average Bonchev–Trinajstić information content (AvgIpc) is 2.72. The number of amides is 1. The summed E-state index contributed by atoms with van der Waals surface area (Å²) in [6.45, 7) is 7.56. The van der Waals surface area contributed by atoms with Crippen molar-refractivity contribution < 1.29 is 4.79 Å². The lowest BCUT2D eigenvalue weighted by Gasteiger charge is -2.26. The quantitative estimate of drug-likeness (QED) is 0.868. The molecule has 1 amide bonds. The van der Waals surface area contributed by atoms with Gasteiger partial charge in [0.15, 0.2) is 0 Å². The highest BCUT2D eigenvalue weighted by molar-refractivity contribution is 5.96. The van der Waals surface area contributed by atoms with Crippen LogP contribution in [0.4, 0.5) is 0 Å². The first-order valence-corrected chi connectivity index (χ1v) is 6.63. The van der Waals surface area contributed by atoms with Gasteiger partial charge in [-0.3, -0.25) is 4.79 Å². The van der Waals surface area contributed by atoms with Gasteiger partial charge in [-0.1, -0.05) is 24.6 Å². The summed E-state index contributed by atoms with van der Waals surface area (Å²) in [5.74, 6) is 0.639. The van der Waals surface area contributed by atoms with Crippen molar-refractivity contribution in [2.75, 3.05) is 13.1 Å². The van der Waals surface area contributed by atoms with Crippen LogP contribution in [0.1, 0.15) is 34.8 Å². The normalized spacial score (nSPS) is 23.4. The minimum Gasteiger partial charge on any atom is -0.334 e. The Bertz CT molecular complexity index is 456. The molecule has 0 aliphatic carbocycles. The van der Waals surface area contributed by atoms with Crippen LogP contribution in [0, 0.1) is 19.8 Å². The Morgan fingerprint density at radius 1 is 1.44 bits per heavy atom. The first kappa shape index (κ1) is 13.1. The van der Waals surface area contributed by atoms with Gasteiger partial charge in [0, 0.05) is 24.7 Å². The number of carbonyl (C=O) groups excluding carboxylic acids is 1. The summed E-state index contributed by atoms with van der Waals surface area (Å²) in [6.07, 6.45) is 1.05. The second-order valence-electron chi connectivity index (χ2n) is 5.39. The van der Waals surface area contributed by atoms with E-state index in [1.807, 2.05) is 36.9 Å². The molecule has 1 aromatic rings. The van der Waals surface area contributed by atoms with Gasteiger partial charge in [-0.15, -0.1) is 0 Å². The van der Waals surface area contributed by atoms with E-state index in [1.165, 1.54) is 0 Å². The van der Waals surface area contributed by atoms with Crippen LogP contribution in [-0.2, 0) is 0 Å². The van der Waals surface area contributed by atoms with Crippen molar-refractivity contribution in [2.45, 2.75) is 33.2 Å². The first-order valence-electron chi connectivity index (χ1n) is 6.63. The highest BCUT2D eigenvalue weighted by atomic mass is 16.2. The number of nitrogens with two attached hydrogens (primary N) is 1. The van der Waals surface area contributed by atoms with Crippen LogP contribution >= 0.6 is 0 Å². The highest BCUT2D eigenvalue weighted by Crippen LogP contribution is 2.26. The molecule has 2 N–H and O–H groups in total. The fraction of sp³-hybridized carbons (Fsp3) is 0.533. The molecule has 3 heteroatoms. The van der Waals surface area contributed by atoms with E-state index >= 15 is 0 Å². The summed E-state index contributed by atoms with van der Waals surface area (Å²) in [7, 11) is 0. The third-order valence-corrected chi connectivity index (χ3v) is 4.01. The number of hydrogen-bond donors (Lipinski definition) is 1. The molecule has 1 aromatic carbocycles. The van der Waals surface area contributed by atoms with Gasteiger partial charge in [-0.05, 0) is 37.8 Å². The molecule has 1 heterocycles. The third kappa shape index (κ3) is 2.27. The molecule has 1 fully saturated rings. The van der Waals surface area contributed by atoms with Gasteiger partial charge in [-0.25, -0.2) is 0 Å². The molecule has 98 valence electrons. The fourth-order valence-electron chi connectivity index (χ4n) is 2.74. The van der Waals surface area contributed by atoms with Gasteiger partial charge in [0.1, 0.15) is 0 Å². The van der Waals surface area contributed by atoms with Gasteiger partial charge in [0.05, 0.1) is 0 Å². The number of aryl methyl sites for hydroxylation is 2. The monoisotopic (exact) mass is 246 g/mol.